The van der Waals surface area contributed by atoms with Gasteiger partial charge in [0.25, 0.3) is 0 Å². The molecule has 0 aliphatic rings. The molecule has 1 aromatic rings. The number of nitrogens with one attached hydrogen (secondary N) is 1. The minimum atomic E-state index is -0.0783. The smallest absolute Gasteiger partial charge is 0.126 e. The van der Waals surface area contributed by atoms with Gasteiger partial charge in [0.05, 0.1) is 0 Å². The van der Waals surface area contributed by atoms with Crippen molar-refractivity contribution in [2.45, 2.75) is 32.6 Å². The molecule has 2 heteroatoms. The highest BCUT2D eigenvalue weighted by Gasteiger charge is 2.10. The Hall–Kier alpha value is -0.890. The lowest BCUT2D eigenvalue weighted by molar-refractivity contribution is 0.590. The number of hydrogen-bond donors (Lipinski definition) is 1. The highest BCUT2D eigenvalue weighted by atomic mass is 19.1. The third kappa shape index (κ3) is 3.03. The van der Waals surface area contributed by atoms with Crippen LogP contribution in [0.5, 0.6) is 0 Å². The molecule has 1 N–H and O–H groups in total. The molecule has 0 saturated carbocycles. The first-order valence-electron chi connectivity index (χ1n) is 5.50. The standard InChI is InChI=1S/C13H20FN/c1-9(2)12-6-5-11(7-13(12)14)10(3)8-15-4/h5-7,9-10,15H,8H2,1-4H3. The van der Waals surface area contributed by atoms with Crippen LogP contribution in [0, 0.1) is 5.82 Å². The summed E-state index contributed by atoms with van der Waals surface area (Å²) < 4.78 is 13.7. The minimum absolute atomic E-state index is 0.0783. The van der Waals surface area contributed by atoms with Crippen molar-refractivity contribution in [2.24, 2.45) is 0 Å². The second-order valence-corrected chi connectivity index (χ2v) is 4.39. The fraction of sp³-hybridized carbons (Fsp3) is 0.538. The van der Waals surface area contributed by atoms with Gasteiger partial charge in [-0.1, -0.05) is 32.9 Å². The first kappa shape index (κ1) is 12.2. The average Bonchev–Trinajstić information content (AvgIpc) is 2.17. The highest BCUT2D eigenvalue weighted by Crippen LogP contribution is 2.22. The van der Waals surface area contributed by atoms with Gasteiger partial charge in [-0.2, -0.15) is 0 Å². The Morgan fingerprint density at radius 2 is 1.93 bits per heavy atom. The van der Waals surface area contributed by atoms with Gasteiger partial charge in [0, 0.05) is 6.54 Å². The van der Waals surface area contributed by atoms with Crippen molar-refractivity contribution in [3.05, 3.63) is 35.1 Å². The van der Waals surface area contributed by atoms with Crippen molar-refractivity contribution in [1.29, 1.82) is 0 Å². The Bertz CT molecular complexity index is 320. The molecule has 0 bridgehead atoms. The van der Waals surface area contributed by atoms with E-state index in [0.717, 1.165) is 17.7 Å². The van der Waals surface area contributed by atoms with E-state index in [4.69, 9.17) is 0 Å². The monoisotopic (exact) mass is 209 g/mol. The molecule has 84 valence electrons. The molecular weight excluding hydrogens is 189 g/mol. The van der Waals surface area contributed by atoms with Gasteiger partial charge in [0.15, 0.2) is 0 Å². The van der Waals surface area contributed by atoms with Crippen molar-refractivity contribution in [3.63, 3.8) is 0 Å². The number of likely N-dealkylation sites (N-methyl/N-ethyl adjacent to an activating group) is 1. The molecule has 0 spiro atoms. The predicted octanol–water partition coefficient (Wildman–Crippen LogP) is 3.27. The molecule has 0 aliphatic heterocycles. The number of halogens is 1. The maximum Gasteiger partial charge on any atom is 0.126 e. The van der Waals surface area contributed by atoms with E-state index in [1.807, 2.05) is 33.0 Å². The Labute approximate surface area is 91.7 Å². The molecule has 1 nitrogen and oxygen atoms in total. The summed E-state index contributed by atoms with van der Waals surface area (Å²) in [5.74, 6) is 0.523. The molecule has 1 rings (SSSR count). The molecule has 1 aromatic carbocycles. The molecule has 0 fully saturated rings. The van der Waals surface area contributed by atoms with Crippen LogP contribution in [0.1, 0.15) is 43.7 Å². The lowest BCUT2D eigenvalue weighted by atomic mass is 9.95. The van der Waals surface area contributed by atoms with E-state index in [1.165, 1.54) is 0 Å². The molecule has 0 aromatic heterocycles. The van der Waals surface area contributed by atoms with Gasteiger partial charge in [0.2, 0.25) is 0 Å². The number of rotatable bonds is 4. The maximum absolute atomic E-state index is 13.7. The zero-order valence-corrected chi connectivity index (χ0v) is 9.97. The molecule has 0 heterocycles. The number of benzene rings is 1. The van der Waals surface area contributed by atoms with Crippen LogP contribution in [-0.2, 0) is 0 Å². The fourth-order valence-corrected chi connectivity index (χ4v) is 1.74. The normalized spacial score (nSPS) is 13.2. The second-order valence-electron chi connectivity index (χ2n) is 4.39. The van der Waals surface area contributed by atoms with Crippen LogP contribution < -0.4 is 5.32 Å². The van der Waals surface area contributed by atoms with Crippen LogP contribution in [0.3, 0.4) is 0 Å². The minimum Gasteiger partial charge on any atom is -0.319 e. The SMILES string of the molecule is CNCC(C)c1ccc(C(C)C)c(F)c1. The highest BCUT2D eigenvalue weighted by molar-refractivity contribution is 5.28. The van der Waals surface area contributed by atoms with Gasteiger partial charge in [-0.15, -0.1) is 0 Å². The molecule has 1 unspecified atom stereocenters. The lowest BCUT2D eigenvalue weighted by Gasteiger charge is -2.14. The van der Waals surface area contributed by atoms with Crippen LogP contribution in [0.2, 0.25) is 0 Å². The van der Waals surface area contributed by atoms with Gasteiger partial charge >= 0.3 is 0 Å². The van der Waals surface area contributed by atoms with Crippen LogP contribution >= 0.6 is 0 Å². The molecule has 0 saturated heterocycles. The van der Waals surface area contributed by atoms with Crippen molar-refractivity contribution in [1.82, 2.24) is 5.32 Å². The molecule has 0 radical (unpaired) electrons. The van der Waals surface area contributed by atoms with Crippen molar-refractivity contribution in [2.75, 3.05) is 13.6 Å². The van der Waals surface area contributed by atoms with Crippen LogP contribution in [0.4, 0.5) is 4.39 Å². The van der Waals surface area contributed by atoms with Gasteiger partial charge in [-0.05, 0) is 36.1 Å². The Balaban J connectivity index is 2.91. The number of hydrogen-bond acceptors (Lipinski definition) is 1. The van der Waals surface area contributed by atoms with Crippen molar-refractivity contribution >= 4 is 0 Å². The maximum atomic E-state index is 13.7. The summed E-state index contributed by atoms with van der Waals surface area (Å²) >= 11 is 0. The summed E-state index contributed by atoms with van der Waals surface area (Å²) in [6.45, 7) is 6.99. The Morgan fingerprint density at radius 3 is 2.40 bits per heavy atom. The van der Waals surface area contributed by atoms with E-state index in [0.29, 0.717) is 5.92 Å². The van der Waals surface area contributed by atoms with E-state index in [2.05, 4.69) is 12.2 Å². The molecule has 0 amide bonds. The van der Waals surface area contributed by atoms with E-state index in [-0.39, 0.29) is 11.7 Å². The first-order valence-corrected chi connectivity index (χ1v) is 5.50. The Kier molecular flexibility index (Phi) is 4.28. The van der Waals surface area contributed by atoms with Crippen LogP contribution in [0.15, 0.2) is 18.2 Å². The molecule has 0 aliphatic carbocycles. The van der Waals surface area contributed by atoms with Crippen molar-refractivity contribution < 1.29 is 4.39 Å². The van der Waals surface area contributed by atoms with Crippen LogP contribution in [0.25, 0.3) is 0 Å². The zero-order valence-electron chi connectivity index (χ0n) is 9.97. The van der Waals surface area contributed by atoms with E-state index < -0.39 is 0 Å². The van der Waals surface area contributed by atoms with Gasteiger partial charge in [-0.25, -0.2) is 4.39 Å². The van der Waals surface area contributed by atoms with E-state index in [9.17, 15) is 4.39 Å². The molecule has 15 heavy (non-hydrogen) atoms. The lowest BCUT2D eigenvalue weighted by Crippen LogP contribution is -2.15. The summed E-state index contributed by atoms with van der Waals surface area (Å²) in [5, 5.41) is 3.10. The summed E-state index contributed by atoms with van der Waals surface area (Å²) in [6.07, 6.45) is 0. The van der Waals surface area contributed by atoms with Crippen molar-refractivity contribution in [3.8, 4) is 0 Å². The van der Waals surface area contributed by atoms with Gasteiger partial charge < -0.3 is 5.32 Å². The summed E-state index contributed by atoms with van der Waals surface area (Å²) in [6, 6.07) is 5.60. The van der Waals surface area contributed by atoms with Gasteiger partial charge in [-0.3, -0.25) is 0 Å². The predicted molar refractivity (Wildman–Crippen MR) is 62.8 cm³/mol. The average molecular weight is 209 g/mol. The summed E-state index contributed by atoms with van der Waals surface area (Å²) in [4.78, 5) is 0. The van der Waals surface area contributed by atoms with E-state index >= 15 is 0 Å². The third-order valence-corrected chi connectivity index (χ3v) is 2.73. The third-order valence-electron chi connectivity index (χ3n) is 2.73. The first-order chi connectivity index (χ1) is 7.06. The second kappa shape index (κ2) is 5.26. The van der Waals surface area contributed by atoms with E-state index in [1.54, 1.807) is 6.07 Å². The molecular formula is C13H20FN. The largest absolute Gasteiger partial charge is 0.319 e. The van der Waals surface area contributed by atoms with Crippen LogP contribution in [-0.4, -0.2) is 13.6 Å². The summed E-state index contributed by atoms with van der Waals surface area (Å²) in [5.41, 5.74) is 1.86. The topological polar surface area (TPSA) is 12.0 Å². The van der Waals surface area contributed by atoms with Gasteiger partial charge in [0.1, 0.15) is 5.82 Å². The Morgan fingerprint density at radius 1 is 1.27 bits per heavy atom. The fourth-order valence-electron chi connectivity index (χ4n) is 1.74. The summed E-state index contributed by atoms with van der Waals surface area (Å²) in [7, 11) is 1.91. The zero-order chi connectivity index (χ0) is 11.4. The quantitative estimate of drug-likeness (QED) is 0.802. The molecule has 1 atom stereocenters.